The van der Waals surface area contributed by atoms with Gasteiger partial charge in [-0.2, -0.15) is 0 Å². The Morgan fingerprint density at radius 2 is 1.39 bits per heavy atom. The minimum Gasteiger partial charge on any atom is -0.454 e. The fraction of sp³-hybridized carbons (Fsp3) is 0. The van der Waals surface area contributed by atoms with Gasteiger partial charge in [0.05, 0.1) is 22.1 Å². The number of fused-ring (bicyclic) bond motifs is 7. The van der Waals surface area contributed by atoms with Gasteiger partial charge in [0.25, 0.3) is 0 Å². The summed E-state index contributed by atoms with van der Waals surface area (Å²) in [6, 6.07) is 35.5. The second-order valence-corrected chi connectivity index (χ2v) is 9.07. The summed E-state index contributed by atoms with van der Waals surface area (Å²) in [6.07, 6.45) is 0. The minimum atomic E-state index is 0.831. The molecule has 0 amide bonds. The summed E-state index contributed by atoms with van der Waals surface area (Å²) >= 11 is 3.57. The summed E-state index contributed by atoms with van der Waals surface area (Å²) in [5.41, 5.74) is 7.87. The van der Waals surface area contributed by atoms with E-state index in [9.17, 15) is 0 Å². The fourth-order valence-electron chi connectivity index (χ4n) is 4.83. The first-order valence-electron chi connectivity index (χ1n) is 10.9. The highest BCUT2D eigenvalue weighted by molar-refractivity contribution is 9.10. The van der Waals surface area contributed by atoms with E-state index in [2.05, 4.69) is 99.4 Å². The van der Waals surface area contributed by atoms with E-state index in [1.54, 1.807) is 0 Å². The maximum absolute atomic E-state index is 6.45. The molecule has 0 saturated carbocycles. The van der Waals surface area contributed by atoms with Crippen molar-refractivity contribution in [1.29, 1.82) is 0 Å². The zero-order chi connectivity index (χ0) is 21.9. The van der Waals surface area contributed by atoms with Gasteiger partial charge in [-0.05, 0) is 42.5 Å². The van der Waals surface area contributed by atoms with Crippen LogP contribution in [0.3, 0.4) is 0 Å². The van der Waals surface area contributed by atoms with Gasteiger partial charge >= 0.3 is 0 Å². The quantitative estimate of drug-likeness (QED) is 0.244. The zero-order valence-corrected chi connectivity index (χ0v) is 19.1. The first kappa shape index (κ1) is 18.7. The van der Waals surface area contributed by atoms with Crippen LogP contribution in [0.2, 0.25) is 0 Å². The molecule has 0 fully saturated rings. The van der Waals surface area contributed by atoms with Crippen LogP contribution in [-0.2, 0) is 0 Å². The van der Waals surface area contributed by atoms with Gasteiger partial charge in [0, 0.05) is 26.5 Å². The number of aromatic nitrogens is 2. The summed E-state index contributed by atoms with van der Waals surface area (Å²) in [7, 11) is 0. The van der Waals surface area contributed by atoms with Gasteiger partial charge in [0.2, 0.25) is 0 Å². The van der Waals surface area contributed by atoms with Crippen molar-refractivity contribution >= 4 is 59.8 Å². The van der Waals surface area contributed by atoms with Crippen LogP contribution >= 0.6 is 15.9 Å². The van der Waals surface area contributed by atoms with Gasteiger partial charge < -0.3 is 8.98 Å². The average molecular weight is 489 g/mol. The Morgan fingerprint density at radius 1 is 0.697 bits per heavy atom. The molecular formula is C29H17BrN2O. The van der Waals surface area contributed by atoms with Crippen LogP contribution < -0.4 is 0 Å². The molecule has 0 aliphatic heterocycles. The lowest BCUT2D eigenvalue weighted by molar-refractivity contribution is 0.672. The van der Waals surface area contributed by atoms with Crippen LogP contribution in [0.5, 0.6) is 0 Å². The molecule has 3 nitrogen and oxygen atoms in total. The number of hydrogen-bond acceptors (Lipinski definition) is 2. The smallest absolute Gasteiger partial charge is 0.163 e. The summed E-state index contributed by atoms with van der Waals surface area (Å²) in [6.45, 7) is 0. The molecule has 4 aromatic carbocycles. The van der Waals surface area contributed by atoms with E-state index < -0.39 is 0 Å². The molecule has 0 atom stereocenters. The standard InChI is InChI=1S/C29H17BrN2O/c30-19-16-14-18(15-17-19)26-28-25(29-27(31-26)22-11-5-7-13-24(22)33-29)21-10-4-6-12-23(21)32(28)20-8-2-1-3-9-20/h1-17H. The molecule has 0 aliphatic carbocycles. The van der Waals surface area contributed by atoms with Gasteiger partial charge in [-0.1, -0.05) is 76.6 Å². The van der Waals surface area contributed by atoms with E-state index in [0.717, 1.165) is 65.3 Å². The summed E-state index contributed by atoms with van der Waals surface area (Å²) in [4.78, 5) is 5.24. The zero-order valence-electron chi connectivity index (χ0n) is 17.5. The third-order valence-corrected chi connectivity index (χ3v) is 6.78. The van der Waals surface area contributed by atoms with Gasteiger partial charge in [0.1, 0.15) is 11.1 Å². The number of furan rings is 1. The van der Waals surface area contributed by atoms with Crippen molar-refractivity contribution in [2.45, 2.75) is 0 Å². The Kier molecular flexibility index (Phi) is 3.99. The van der Waals surface area contributed by atoms with Crippen LogP contribution in [0.4, 0.5) is 0 Å². The first-order chi connectivity index (χ1) is 16.3. The van der Waals surface area contributed by atoms with E-state index in [0.29, 0.717) is 0 Å². The van der Waals surface area contributed by atoms with Crippen molar-refractivity contribution in [3.63, 3.8) is 0 Å². The number of pyridine rings is 1. The highest BCUT2D eigenvalue weighted by Crippen LogP contribution is 2.43. The van der Waals surface area contributed by atoms with Crippen LogP contribution in [0.15, 0.2) is 112 Å². The Balaban J connectivity index is 1.78. The van der Waals surface area contributed by atoms with Gasteiger partial charge in [-0.15, -0.1) is 0 Å². The van der Waals surface area contributed by atoms with Gasteiger partial charge in [0.15, 0.2) is 5.58 Å². The van der Waals surface area contributed by atoms with Gasteiger partial charge in [-0.25, -0.2) is 4.98 Å². The maximum Gasteiger partial charge on any atom is 0.163 e. The van der Waals surface area contributed by atoms with E-state index in [1.807, 2.05) is 24.3 Å². The highest BCUT2D eigenvalue weighted by atomic mass is 79.9. The topological polar surface area (TPSA) is 31.0 Å². The molecule has 4 heteroatoms. The van der Waals surface area contributed by atoms with E-state index >= 15 is 0 Å². The Morgan fingerprint density at radius 3 is 2.21 bits per heavy atom. The lowest BCUT2D eigenvalue weighted by Crippen LogP contribution is -1.97. The van der Waals surface area contributed by atoms with E-state index in [1.165, 1.54) is 0 Å². The van der Waals surface area contributed by atoms with Crippen LogP contribution in [-0.4, -0.2) is 9.55 Å². The van der Waals surface area contributed by atoms with Crippen molar-refractivity contribution in [1.82, 2.24) is 9.55 Å². The van der Waals surface area contributed by atoms with Crippen LogP contribution in [0.25, 0.3) is 60.8 Å². The molecule has 0 saturated heterocycles. The summed E-state index contributed by atoms with van der Waals surface area (Å²) < 4.78 is 9.80. The highest BCUT2D eigenvalue weighted by Gasteiger charge is 2.23. The molecule has 0 radical (unpaired) electrons. The third-order valence-electron chi connectivity index (χ3n) is 6.25. The molecule has 3 heterocycles. The Bertz CT molecular complexity index is 1810. The van der Waals surface area contributed by atoms with Crippen molar-refractivity contribution < 1.29 is 4.42 Å². The molecule has 7 rings (SSSR count). The normalized spacial score (nSPS) is 11.8. The molecule has 156 valence electrons. The number of nitrogens with zero attached hydrogens (tertiary/aromatic N) is 2. The minimum absolute atomic E-state index is 0.831. The monoisotopic (exact) mass is 488 g/mol. The predicted molar refractivity (Wildman–Crippen MR) is 139 cm³/mol. The molecule has 0 N–H and O–H groups in total. The lowest BCUT2D eigenvalue weighted by atomic mass is 10.1. The van der Waals surface area contributed by atoms with Crippen molar-refractivity contribution in [2.75, 3.05) is 0 Å². The predicted octanol–water partition coefficient (Wildman–Crippen LogP) is 8.51. The van der Waals surface area contributed by atoms with Crippen molar-refractivity contribution in [3.05, 3.63) is 108 Å². The van der Waals surface area contributed by atoms with Crippen LogP contribution in [0.1, 0.15) is 0 Å². The largest absolute Gasteiger partial charge is 0.454 e. The molecule has 0 spiro atoms. The fourth-order valence-corrected chi connectivity index (χ4v) is 5.09. The number of halogens is 1. The first-order valence-corrected chi connectivity index (χ1v) is 11.6. The lowest BCUT2D eigenvalue weighted by Gasteiger charge is -2.11. The molecule has 33 heavy (non-hydrogen) atoms. The Labute approximate surface area is 198 Å². The SMILES string of the molecule is Brc1ccc(-c2nc3c4ccccc4oc3c3c4ccccc4n(-c4ccccc4)c23)cc1. The molecule has 0 unspecified atom stereocenters. The van der Waals surface area contributed by atoms with Crippen molar-refractivity contribution in [2.24, 2.45) is 0 Å². The van der Waals surface area contributed by atoms with Gasteiger partial charge in [-0.3, -0.25) is 0 Å². The maximum atomic E-state index is 6.45. The third kappa shape index (κ3) is 2.71. The van der Waals surface area contributed by atoms with Crippen LogP contribution in [0, 0.1) is 0 Å². The summed E-state index contributed by atoms with van der Waals surface area (Å²) in [5.74, 6) is 0. The molecule has 7 aromatic rings. The number of hydrogen-bond donors (Lipinski definition) is 0. The Hall–Kier alpha value is -3.89. The number of benzene rings is 4. The average Bonchev–Trinajstić information content (AvgIpc) is 3.40. The second-order valence-electron chi connectivity index (χ2n) is 8.15. The molecular weight excluding hydrogens is 472 g/mol. The van der Waals surface area contributed by atoms with Crippen molar-refractivity contribution in [3.8, 4) is 16.9 Å². The second kappa shape index (κ2) is 7.06. The number of para-hydroxylation sites is 3. The molecule has 0 bridgehead atoms. The summed E-state index contributed by atoms with van der Waals surface area (Å²) in [5, 5.41) is 3.28. The molecule has 3 aromatic heterocycles. The number of rotatable bonds is 2. The molecule has 0 aliphatic rings. The van der Waals surface area contributed by atoms with E-state index in [-0.39, 0.29) is 0 Å². The van der Waals surface area contributed by atoms with E-state index in [4.69, 9.17) is 9.40 Å².